The summed E-state index contributed by atoms with van der Waals surface area (Å²) in [5, 5.41) is 20.3. The molecule has 0 spiro atoms. The summed E-state index contributed by atoms with van der Waals surface area (Å²) in [4.78, 5) is 0. The zero-order valence-electron chi connectivity index (χ0n) is 27.3. The molecule has 0 saturated carbocycles. The van der Waals surface area contributed by atoms with Gasteiger partial charge < -0.3 is 28.3 Å². The molecule has 2 rings (SSSR count). The largest absolute Gasteiger partial charge is 0.449 e. The highest BCUT2D eigenvalue weighted by atomic mass is 31.1. The molecular formula is C33H54O6P2. The smallest absolute Gasteiger partial charge is 0.215 e. The molecule has 2 aromatic carbocycles. The lowest BCUT2D eigenvalue weighted by molar-refractivity contribution is -0.0146. The van der Waals surface area contributed by atoms with Gasteiger partial charge in [-0.05, 0) is 44.9 Å². The van der Waals surface area contributed by atoms with Gasteiger partial charge in [-0.2, -0.15) is 0 Å². The minimum Gasteiger partial charge on any atom is -0.449 e. The Kier molecular flexibility index (Phi) is 12.3. The molecular weight excluding hydrogens is 554 g/mol. The number of benzene rings is 2. The summed E-state index contributed by atoms with van der Waals surface area (Å²) >= 11 is 0. The molecule has 0 amide bonds. The average Bonchev–Trinajstić information content (AvgIpc) is 2.85. The number of aliphatic hydroxyl groups is 2. The lowest BCUT2D eigenvalue weighted by Gasteiger charge is -2.30. The quantitative estimate of drug-likeness (QED) is 0.186. The normalized spacial score (nSPS) is 14.0. The fourth-order valence-electron chi connectivity index (χ4n) is 4.13. The lowest BCUT2D eigenvalue weighted by Crippen LogP contribution is -2.38. The van der Waals surface area contributed by atoms with Crippen molar-refractivity contribution < 1.29 is 28.3 Å². The van der Waals surface area contributed by atoms with E-state index < -0.39 is 5.41 Å². The van der Waals surface area contributed by atoms with Crippen LogP contribution in [0, 0.1) is 5.41 Å². The molecule has 2 unspecified atom stereocenters. The predicted molar refractivity (Wildman–Crippen MR) is 174 cm³/mol. The SMILES string of the molecule is CC(C)(C)c1ccc(OPOCC(CO)(CO)COPOc2ccc(C(C)(C)C)cc2C(C)(C)C)c(C(C)(C)C)c1. The van der Waals surface area contributed by atoms with Gasteiger partial charge in [-0.15, -0.1) is 0 Å². The molecule has 0 aliphatic rings. The van der Waals surface area contributed by atoms with E-state index in [0.717, 1.165) is 22.6 Å². The van der Waals surface area contributed by atoms with E-state index in [0.29, 0.717) is 0 Å². The van der Waals surface area contributed by atoms with Crippen molar-refractivity contribution in [3.05, 3.63) is 58.7 Å². The monoisotopic (exact) mass is 608 g/mol. The third-order valence-corrected chi connectivity index (χ3v) is 8.29. The van der Waals surface area contributed by atoms with Gasteiger partial charge in [0, 0.05) is 11.1 Å². The molecule has 2 N–H and O–H groups in total. The van der Waals surface area contributed by atoms with Crippen LogP contribution in [-0.2, 0) is 30.7 Å². The second-order valence-electron chi connectivity index (χ2n) is 15.2. The number of rotatable bonds is 12. The first-order chi connectivity index (χ1) is 18.7. The summed E-state index contributed by atoms with van der Waals surface area (Å²) in [6.07, 6.45) is 0. The fraction of sp³-hybridized carbons (Fsp3) is 0.636. The van der Waals surface area contributed by atoms with Crippen LogP contribution in [0.4, 0.5) is 0 Å². The van der Waals surface area contributed by atoms with E-state index in [9.17, 15) is 10.2 Å². The Hall–Kier alpha value is -1.26. The highest BCUT2D eigenvalue weighted by Crippen LogP contribution is 2.40. The molecule has 0 saturated heterocycles. The van der Waals surface area contributed by atoms with E-state index in [1.165, 1.54) is 11.1 Å². The third kappa shape index (κ3) is 10.4. The molecule has 0 heterocycles. The summed E-state index contributed by atoms with van der Waals surface area (Å²) in [6.45, 7) is 25.8. The molecule has 0 aliphatic carbocycles. The van der Waals surface area contributed by atoms with Crippen molar-refractivity contribution in [1.82, 2.24) is 0 Å². The van der Waals surface area contributed by atoms with Crippen LogP contribution in [0.5, 0.6) is 11.5 Å². The van der Waals surface area contributed by atoms with E-state index in [2.05, 4.69) is 107 Å². The van der Waals surface area contributed by atoms with Crippen molar-refractivity contribution in [2.24, 2.45) is 5.41 Å². The second kappa shape index (κ2) is 14.0. The van der Waals surface area contributed by atoms with Crippen LogP contribution in [0.15, 0.2) is 36.4 Å². The molecule has 0 bridgehead atoms. The van der Waals surface area contributed by atoms with E-state index in [4.69, 9.17) is 18.1 Å². The topological polar surface area (TPSA) is 77.4 Å². The van der Waals surface area contributed by atoms with Gasteiger partial charge in [0.25, 0.3) is 0 Å². The minimum absolute atomic E-state index is 0.0355. The summed E-state index contributed by atoms with van der Waals surface area (Å²) in [7, 11) is -0.580. The van der Waals surface area contributed by atoms with Crippen LogP contribution in [0.25, 0.3) is 0 Å². The summed E-state index contributed by atoms with van der Waals surface area (Å²) < 4.78 is 23.8. The maximum absolute atomic E-state index is 10.1. The summed E-state index contributed by atoms with van der Waals surface area (Å²) in [6, 6.07) is 12.6. The zero-order chi connectivity index (χ0) is 31.3. The van der Waals surface area contributed by atoms with Gasteiger partial charge in [0.05, 0.1) is 31.8 Å². The van der Waals surface area contributed by atoms with Gasteiger partial charge >= 0.3 is 0 Å². The van der Waals surface area contributed by atoms with Crippen LogP contribution in [0.2, 0.25) is 0 Å². The van der Waals surface area contributed by atoms with E-state index in [1.54, 1.807) is 0 Å². The molecule has 2 aromatic rings. The Morgan fingerprint density at radius 2 is 0.878 bits per heavy atom. The molecule has 2 atom stereocenters. The van der Waals surface area contributed by atoms with Gasteiger partial charge in [-0.3, -0.25) is 0 Å². The maximum atomic E-state index is 10.1. The molecule has 41 heavy (non-hydrogen) atoms. The Labute approximate surface area is 252 Å². The summed E-state index contributed by atoms with van der Waals surface area (Å²) in [5.74, 6) is 1.56. The number of hydrogen-bond donors (Lipinski definition) is 2. The highest BCUT2D eigenvalue weighted by molar-refractivity contribution is 7.27. The van der Waals surface area contributed by atoms with Crippen LogP contribution in [-0.4, -0.2) is 36.6 Å². The molecule has 0 aromatic heterocycles. The van der Waals surface area contributed by atoms with Crippen LogP contribution in [0.3, 0.4) is 0 Å². The first-order valence-corrected chi connectivity index (χ1v) is 16.0. The Balaban J connectivity index is 2.00. The van der Waals surface area contributed by atoms with Crippen molar-refractivity contribution in [2.45, 2.75) is 105 Å². The van der Waals surface area contributed by atoms with Gasteiger partial charge in [-0.1, -0.05) is 107 Å². The van der Waals surface area contributed by atoms with Gasteiger partial charge in [0.2, 0.25) is 18.1 Å². The molecule has 6 nitrogen and oxygen atoms in total. The first-order valence-electron chi connectivity index (χ1n) is 14.3. The van der Waals surface area contributed by atoms with Crippen molar-refractivity contribution in [3.63, 3.8) is 0 Å². The molecule has 0 radical (unpaired) electrons. The zero-order valence-corrected chi connectivity index (χ0v) is 29.3. The van der Waals surface area contributed by atoms with Crippen molar-refractivity contribution in [3.8, 4) is 11.5 Å². The number of aliphatic hydroxyl groups excluding tert-OH is 2. The Bertz CT molecular complexity index is 1030. The van der Waals surface area contributed by atoms with E-state index in [1.807, 2.05) is 12.1 Å². The van der Waals surface area contributed by atoms with Crippen LogP contribution in [0.1, 0.15) is 105 Å². The molecule has 8 heteroatoms. The van der Waals surface area contributed by atoms with E-state index >= 15 is 0 Å². The second-order valence-corrected chi connectivity index (χ2v) is 16.5. The third-order valence-electron chi connectivity index (χ3n) is 7.16. The molecule has 232 valence electrons. The Morgan fingerprint density at radius 1 is 0.537 bits per heavy atom. The van der Waals surface area contributed by atoms with Crippen molar-refractivity contribution in [1.29, 1.82) is 0 Å². The van der Waals surface area contributed by atoms with E-state index in [-0.39, 0.29) is 66.2 Å². The minimum atomic E-state index is -0.974. The molecule has 0 aliphatic heterocycles. The van der Waals surface area contributed by atoms with Crippen LogP contribution < -0.4 is 9.05 Å². The van der Waals surface area contributed by atoms with Crippen LogP contribution >= 0.6 is 18.1 Å². The first kappa shape index (κ1) is 35.9. The average molecular weight is 609 g/mol. The van der Waals surface area contributed by atoms with Crippen molar-refractivity contribution >= 4 is 18.1 Å². The Morgan fingerprint density at radius 3 is 1.15 bits per heavy atom. The predicted octanol–water partition coefficient (Wildman–Crippen LogP) is 8.36. The lowest BCUT2D eigenvalue weighted by atomic mass is 9.80. The molecule has 0 fully saturated rings. The standard InChI is InChI=1S/C33H54O6P2/c1-29(2,3)23-13-15-27(25(17-23)31(7,8)9)38-40-36-21-33(19-34,20-35)22-37-41-39-28-16-14-24(30(4,5)6)18-26(28)32(10,11)12/h13-18,34-35,40-41H,19-22H2,1-12H3. The van der Waals surface area contributed by atoms with Crippen molar-refractivity contribution in [2.75, 3.05) is 26.4 Å². The highest BCUT2D eigenvalue weighted by Gasteiger charge is 2.31. The summed E-state index contributed by atoms with van der Waals surface area (Å²) in [5.41, 5.74) is 3.62. The van der Waals surface area contributed by atoms with Gasteiger partial charge in [-0.25, -0.2) is 0 Å². The maximum Gasteiger partial charge on any atom is 0.215 e. The van der Waals surface area contributed by atoms with Gasteiger partial charge in [0.15, 0.2) is 0 Å². The van der Waals surface area contributed by atoms with Gasteiger partial charge in [0.1, 0.15) is 11.5 Å². The fourth-order valence-corrected chi connectivity index (χ4v) is 5.51. The number of hydrogen-bond acceptors (Lipinski definition) is 6.